The van der Waals surface area contributed by atoms with E-state index in [-0.39, 0.29) is 59.5 Å². The van der Waals surface area contributed by atoms with Crippen molar-refractivity contribution in [2.75, 3.05) is 38.2 Å². The van der Waals surface area contributed by atoms with Crippen molar-refractivity contribution in [3.05, 3.63) is 0 Å². The second-order valence-corrected chi connectivity index (χ2v) is 15.5. The van der Waals surface area contributed by atoms with Crippen LogP contribution < -0.4 is 10.6 Å². The molecule has 3 atom stereocenters. The summed E-state index contributed by atoms with van der Waals surface area (Å²) in [6, 6.07) is -0.936. The summed E-state index contributed by atoms with van der Waals surface area (Å²) >= 11 is 9.37. The first-order chi connectivity index (χ1) is 19.8. The zero-order chi connectivity index (χ0) is 31.4. The quantitative estimate of drug-likeness (QED) is 0.135. The molecule has 0 aromatic carbocycles. The average molecular weight is 663 g/mol. The zero-order valence-electron chi connectivity index (χ0n) is 24.6. The molecule has 5 amide bonds. The Morgan fingerprint density at radius 3 is 2.36 bits per heavy atom. The molecule has 0 radical (unpaired) electrons. The van der Waals surface area contributed by atoms with Crippen LogP contribution in [-0.4, -0.2) is 109 Å². The summed E-state index contributed by atoms with van der Waals surface area (Å²) < 4.78 is 0.739. The number of carboxylic acids is 1. The van der Waals surface area contributed by atoms with Gasteiger partial charge in [0.2, 0.25) is 29.5 Å². The highest BCUT2D eigenvalue weighted by Gasteiger charge is 2.40. The van der Waals surface area contributed by atoms with E-state index < -0.39 is 17.3 Å². The Morgan fingerprint density at radius 2 is 1.74 bits per heavy atom. The van der Waals surface area contributed by atoms with Crippen LogP contribution in [0.5, 0.6) is 0 Å². The Bertz CT molecular complexity index is 1020. The van der Waals surface area contributed by atoms with Crippen LogP contribution in [0.3, 0.4) is 0 Å². The lowest BCUT2D eigenvalue weighted by Crippen LogP contribution is -2.41. The molecular formula is C27H42N4O7S4. The summed E-state index contributed by atoms with van der Waals surface area (Å²) in [6.07, 6.45) is 2.98. The number of nitrogens with one attached hydrogen (secondary N) is 2. The zero-order valence-corrected chi connectivity index (χ0v) is 27.9. The number of thioether (sulfide) groups is 3. The molecular weight excluding hydrogens is 621 g/mol. The van der Waals surface area contributed by atoms with Crippen molar-refractivity contribution in [3.63, 3.8) is 0 Å². The van der Waals surface area contributed by atoms with Gasteiger partial charge in [-0.2, -0.15) is 0 Å². The number of hydrogen-bond donors (Lipinski definition) is 3. The molecule has 1 aliphatic heterocycles. The first-order valence-electron chi connectivity index (χ1n) is 14.2. The van der Waals surface area contributed by atoms with Gasteiger partial charge in [-0.05, 0) is 51.2 Å². The Labute approximate surface area is 265 Å². The van der Waals surface area contributed by atoms with Crippen LogP contribution in [0.1, 0.15) is 59.3 Å². The molecule has 1 aliphatic carbocycles. The number of carbonyl (C=O) groups is 6. The van der Waals surface area contributed by atoms with Crippen LogP contribution in [0, 0.1) is 11.8 Å². The smallest absolute Gasteiger partial charge is 0.326 e. The predicted molar refractivity (Wildman–Crippen MR) is 171 cm³/mol. The molecule has 2 aliphatic rings. The summed E-state index contributed by atoms with van der Waals surface area (Å²) in [5.74, 6) is -0.866. The molecule has 15 heteroatoms. The number of amides is 5. The average Bonchev–Trinajstić information content (AvgIpc) is 3.21. The molecule has 0 aromatic heterocycles. The third-order valence-electron chi connectivity index (χ3n) is 7.46. The number of rotatable bonds is 15. The molecule has 2 rings (SSSR count). The maximum atomic E-state index is 12.9. The summed E-state index contributed by atoms with van der Waals surface area (Å²) in [4.78, 5) is 76.1. The molecule has 0 aromatic rings. The molecule has 1 saturated carbocycles. The second kappa shape index (κ2) is 18.1. The van der Waals surface area contributed by atoms with E-state index in [2.05, 4.69) is 10.6 Å². The van der Waals surface area contributed by atoms with Crippen molar-refractivity contribution >= 4 is 86.5 Å². The van der Waals surface area contributed by atoms with Gasteiger partial charge in [-0.1, -0.05) is 30.9 Å². The molecule has 1 heterocycles. The lowest BCUT2D eigenvalue weighted by Gasteiger charge is -2.30. The van der Waals surface area contributed by atoms with Crippen molar-refractivity contribution in [2.45, 2.75) is 75.8 Å². The van der Waals surface area contributed by atoms with Crippen LogP contribution in [0.25, 0.3) is 0 Å². The topological polar surface area (TPSA) is 153 Å². The summed E-state index contributed by atoms with van der Waals surface area (Å²) in [5.41, 5.74) is 0. The van der Waals surface area contributed by atoms with Crippen molar-refractivity contribution in [3.8, 4) is 0 Å². The highest BCUT2D eigenvalue weighted by Crippen LogP contribution is 2.32. The van der Waals surface area contributed by atoms with Gasteiger partial charge in [0.15, 0.2) is 0 Å². The molecule has 0 bridgehead atoms. The molecule has 236 valence electrons. The van der Waals surface area contributed by atoms with Crippen molar-refractivity contribution in [2.24, 2.45) is 11.8 Å². The van der Waals surface area contributed by atoms with E-state index in [4.69, 9.17) is 17.3 Å². The van der Waals surface area contributed by atoms with E-state index in [0.717, 1.165) is 27.0 Å². The third-order valence-corrected chi connectivity index (χ3v) is 11.2. The molecule has 2 unspecified atom stereocenters. The molecule has 11 nitrogen and oxygen atoms in total. The molecule has 42 heavy (non-hydrogen) atoms. The van der Waals surface area contributed by atoms with E-state index in [0.29, 0.717) is 38.2 Å². The fourth-order valence-corrected chi connectivity index (χ4v) is 8.36. The van der Waals surface area contributed by atoms with Gasteiger partial charge >= 0.3 is 5.97 Å². The van der Waals surface area contributed by atoms with Crippen LogP contribution >= 0.6 is 47.5 Å². The van der Waals surface area contributed by atoms with Crippen LogP contribution in [0.4, 0.5) is 0 Å². The number of thiocarbonyl (C=S) groups is 1. The largest absolute Gasteiger partial charge is 0.480 e. The summed E-state index contributed by atoms with van der Waals surface area (Å²) in [5, 5.41) is 13.9. The number of likely N-dealkylation sites (N-methyl/N-ethyl adjacent to an activating group) is 1. The fraction of sp³-hybridized carbons (Fsp3) is 0.741. The standard InChI is InChI=1S/C27H42N4O7S4/c1-5-40-27(39)42-17(3)23(34)28-11-12-29-24(35)19-8-6-18(7-9-19)15-31-22(33)14-20(25(31)36)41-13-10-21(32)30(4)16(2)26(37)38/h16-20H,5-15H2,1-4H3,(H,28,34)(H,29,35)(H,37,38)/t16-,17?,18?,19?,20?/m0/s1. The number of carboxylic acid groups (broad SMARTS) is 1. The van der Waals surface area contributed by atoms with Gasteiger partial charge in [0, 0.05) is 51.2 Å². The van der Waals surface area contributed by atoms with Gasteiger partial charge in [-0.3, -0.25) is 28.9 Å². The number of carbonyl (C=O) groups excluding carboxylic acids is 5. The minimum absolute atomic E-state index is 0.0478. The Morgan fingerprint density at radius 1 is 1.10 bits per heavy atom. The van der Waals surface area contributed by atoms with Crippen molar-refractivity contribution in [1.82, 2.24) is 20.4 Å². The third kappa shape index (κ3) is 11.3. The van der Waals surface area contributed by atoms with Gasteiger partial charge in [-0.15, -0.1) is 23.5 Å². The van der Waals surface area contributed by atoms with Crippen LogP contribution in [0.2, 0.25) is 0 Å². The fourth-order valence-electron chi connectivity index (χ4n) is 4.70. The van der Waals surface area contributed by atoms with E-state index in [9.17, 15) is 28.8 Å². The molecule has 3 N–H and O–H groups in total. The number of aliphatic carboxylic acids is 1. The minimum Gasteiger partial charge on any atom is -0.480 e. The molecule has 2 fully saturated rings. The Balaban J connectivity index is 1.67. The normalized spacial score (nSPS) is 21.9. The maximum Gasteiger partial charge on any atom is 0.326 e. The number of likely N-dealkylation sites (tertiary alicyclic amines) is 1. The Hall–Kier alpha value is -1.84. The van der Waals surface area contributed by atoms with Gasteiger partial charge in [0.25, 0.3) is 0 Å². The second-order valence-electron chi connectivity index (χ2n) is 10.4. The minimum atomic E-state index is -1.09. The monoisotopic (exact) mass is 662 g/mol. The molecule has 0 spiro atoms. The van der Waals surface area contributed by atoms with Gasteiger partial charge in [0.05, 0.1) is 10.5 Å². The predicted octanol–water partition coefficient (Wildman–Crippen LogP) is 2.37. The van der Waals surface area contributed by atoms with E-state index in [1.165, 1.54) is 54.2 Å². The first kappa shape index (κ1) is 36.4. The first-order valence-corrected chi connectivity index (χ1v) is 17.5. The van der Waals surface area contributed by atoms with Crippen LogP contribution in [-0.2, 0) is 28.8 Å². The SMILES string of the molecule is CCSC(=S)SC(C)C(=O)NCCNC(=O)C1CCC(CN2C(=O)CC(SCCC(=O)N(C)[C@@H](C)C(=O)O)C2=O)CC1. The highest BCUT2D eigenvalue weighted by molar-refractivity contribution is 8.47. The maximum absolute atomic E-state index is 12.9. The summed E-state index contributed by atoms with van der Waals surface area (Å²) in [7, 11) is 1.43. The van der Waals surface area contributed by atoms with E-state index in [1.807, 2.05) is 6.92 Å². The van der Waals surface area contributed by atoms with Gasteiger partial charge in [0.1, 0.15) is 9.57 Å². The lowest BCUT2D eigenvalue weighted by atomic mass is 9.81. The van der Waals surface area contributed by atoms with Crippen molar-refractivity contribution in [1.29, 1.82) is 0 Å². The van der Waals surface area contributed by atoms with Gasteiger partial charge < -0.3 is 20.6 Å². The number of hydrogen-bond acceptors (Lipinski definition) is 10. The molecule has 1 saturated heterocycles. The van der Waals surface area contributed by atoms with Gasteiger partial charge in [-0.25, -0.2) is 4.79 Å². The summed E-state index contributed by atoms with van der Waals surface area (Å²) in [6.45, 7) is 6.25. The number of nitrogens with zero attached hydrogens (tertiary/aromatic N) is 2. The lowest BCUT2D eigenvalue weighted by molar-refractivity contribution is -0.148. The van der Waals surface area contributed by atoms with Crippen molar-refractivity contribution < 1.29 is 33.9 Å². The number of imide groups is 1. The Kier molecular flexibility index (Phi) is 15.6. The highest BCUT2D eigenvalue weighted by atomic mass is 32.2. The van der Waals surface area contributed by atoms with Crippen LogP contribution in [0.15, 0.2) is 0 Å². The van der Waals surface area contributed by atoms with E-state index in [1.54, 1.807) is 6.92 Å². The van der Waals surface area contributed by atoms with E-state index >= 15 is 0 Å².